The molecule has 4 rings (SSSR count). The van der Waals surface area contributed by atoms with Crippen LogP contribution < -0.4 is 10.3 Å². The summed E-state index contributed by atoms with van der Waals surface area (Å²) in [6, 6.07) is 20.5. The number of fused-ring (bicyclic) bond motifs is 1. The quantitative estimate of drug-likeness (QED) is 0.650. The molecule has 6 heteroatoms. The second-order valence-corrected chi connectivity index (χ2v) is 7.11. The maximum atomic E-state index is 13.0. The van der Waals surface area contributed by atoms with Crippen molar-refractivity contribution in [1.82, 2.24) is 14.7 Å². The van der Waals surface area contributed by atoms with Crippen LogP contribution in [0.5, 0.6) is 5.75 Å². The van der Waals surface area contributed by atoms with Crippen LogP contribution in [0.25, 0.3) is 0 Å². The Morgan fingerprint density at radius 1 is 1.10 bits per heavy atom. The highest BCUT2D eigenvalue weighted by atomic mass is 16.5. The van der Waals surface area contributed by atoms with Crippen molar-refractivity contribution in [3.05, 3.63) is 93.9 Å². The van der Waals surface area contributed by atoms with E-state index in [1.54, 1.807) is 11.9 Å². The molecule has 0 saturated carbocycles. The first kappa shape index (κ1) is 18.9. The monoisotopic (exact) mass is 389 g/mol. The molecule has 1 heterocycles. The molecule has 1 aromatic heterocycles. The fourth-order valence-electron chi connectivity index (χ4n) is 3.75. The van der Waals surface area contributed by atoms with E-state index >= 15 is 0 Å². The Morgan fingerprint density at radius 3 is 2.69 bits per heavy atom. The van der Waals surface area contributed by atoms with Gasteiger partial charge in [-0.2, -0.15) is 5.10 Å². The first-order valence-electron chi connectivity index (χ1n) is 9.74. The summed E-state index contributed by atoms with van der Waals surface area (Å²) in [4.78, 5) is 26.9. The molecule has 1 amide bonds. The second kappa shape index (κ2) is 8.31. The summed E-state index contributed by atoms with van der Waals surface area (Å²) in [7, 11) is 1.80. The SMILES string of the molecule is CN(C(=O)c1ccc(=O)n(CCOc2ccccc2)n1)C1CCc2ccccc21. The van der Waals surface area contributed by atoms with E-state index in [4.69, 9.17) is 4.74 Å². The van der Waals surface area contributed by atoms with E-state index in [1.165, 1.54) is 27.9 Å². The lowest BCUT2D eigenvalue weighted by Gasteiger charge is -2.25. The van der Waals surface area contributed by atoms with Gasteiger partial charge in [0.15, 0.2) is 0 Å². The summed E-state index contributed by atoms with van der Waals surface area (Å²) < 4.78 is 6.92. The van der Waals surface area contributed by atoms with Crippen molar-refractivity contribution in [1.29, 1.82) is 0 Å². The normalized spacial score (nSPS) is 15.0. The van der Waals surface area contributed by atoms with Gasteiger partial charge >= 0.3 is 0 Å². The number of hydrogen-bond donors (Lipinski definition) is 0. The van der Waals surface area contributed by atoms with Crippen molar-refractivity contribution in [2.75, 3.05) is 13.7 Å². The summed E-state index contributed by atoms with van der Waals surface area (Å²) in [5.74, 6) is 0.539. The topological polar surface area (TPSA) is 64.4 Å². The minimum atomic E-state index is -0.257. The number of benzene rings is 2. The Kier molecular flexibility index (Phi) is 5.42. The predicted octanol–water partition coefficient (Wildman–Crippen LogP) is 3.08. The van der Waals surface area contributed by atoms with Crippen LogP contribution in [0.3, 0.4) is 0 Å². The molecule has 1 unspecified atom stereocenters. The van der Waals surface area contributed by atoms with E-state index in [0.29, 0.717) is 6.61 Å². The molecule has 0 fully saturated rings. The Bertz CT molecular complexity index is 1060. The highest BCUT2D eigenvalue weighted by Gasteiger charge is 2.29. The molecular weight excluding hydrogens is 366 g/mol. The maximum Gasteiger partial charge on any atom is 0.274 e. The molecule has 148 valence electrons. The number of para-hydroxylation sites is 1. The van der Waals surface area contributed by atoms with Crippen LogP contribution in [-0.4, -0.2) is 34.2 Å². The minimum Gasteiger partial charge on any atom is -0.492 e. The molecule has 0 bridgehead atoms. The van der Waals surface area contributed by atoms with Gasteiger partial charge in [-0.15, -0.1) is 0 Å². The number of carbonyl (C=O) groups excluding carboxylic acids is 1. The number of aromatic nitrogens is 2. The summed E-state index contributed by atoms with van der Waals surface area (Å²) in [5, 5.41) is 4.28. The largest absolute Gasteiger partial charge is 0.492 e. The molecule has 0 saturated heterocycles. The van der Waals surface area contributed by atoms with Crippen LogP contribution >= 0.6 is 0 Å². The van der Waals surface area contributed by atoms with Gasteiger partial charge in [0.25, 0.3) is 11.5 Å². The van der Waals surface area contributed by atoms with E-state index in [0.717, 1.165) is 18.6 Å². The van der Waals surface area contributed by atoms with Crippen LogP contribution in [0.15, 0.2) is 71.5 Å². The van der Waals surface area contributed by atoms with E-state index in [-0.39, 0.29) is 29.7 Å². The fraction of sp³-hybridized carbons (Fsp3) is 0.261. The van der Waals surface area contributed by atoms with Crippen LogP contribution in [0.4, 0.5) is 0 Å². The summed E-state index contributed by atoms with van der Waals surface area (Å²) in [5.41, 5.74) is 2.48. The van der Waals surface area contributed by atoms with Crippen molar-refractivity contribution in [3.63, 3.8) is 0 Å². The standard InChI is InChI=1S/C23H23N3O3/c1-25(21-13-11-17-7-5-6-10-19(17)21)23(28)20-12-14-22(27)26(24-20)15-16-29-18-8-3-2-4-9-18/h2-10,12,14,21H,11,13,15-16H2,1H3. The van der Waals surface area contributed by atoms with Crippen molar-refractivity contribution in [2.45, 2.75) is 25.4 Å². The highest BCUT2D eigenvalue weighted by molar-refractivity contribution is 5.92. The molecule has 0 spiro atoms. The number of amides is 1. The Hall–Kier alpha value is -3.41. The smallest absolute Gasteiger partial charge is 0.274 e. The minimum absolute atomic E-state index is 0.0299. The third-order valence-electron chi connectivity index (χ3n) is 5.29. The zero-order valence-electron chi connectivity index (χ0n) is 16.3. The van der Waals surface area contributed by atoms with Crippen molar-refractivity contribution >= 4 is 5.91 Å². The van der Waals surface area contributed by atoms with Crippen molar-refractivity contribution in [3.8, 4) is 5.75 Å². The van der Waals surface area contributed by atoms with Crippen LogP contribution in [0, 0.1) is 0 Å². The average molecular weight is 389 g/mol. The molecule has 0 N–H and O–H groups in total. The third-order valence-corrected chi connectivity index (χ3v) is 5.29. The molecule has 2 aromatic carbocycles. The van der Waals surface area contributed by atoms with E-state index < -0.39 is 0 Å². The van der Waals surface area contributed by atoms with Gasteiger partial charge in [-0.3, -0.25) is 9.59 Å². The summed E-state index contributed by atoms with van der Waals surface area (Å²) >= 11 is 0. The number of rotatable bonds is 6. The Morgan fingerprint density at radius 2 is 1.86 bits per heavy atom. The van der Waals surface area contributed by atoms with E-state index in [2.05, 4.69) is 17.2 Å². The number of hydrogen-bond acceptors (Lipinski definition) is 4. The van der Waals surface area contributed by atoms with Crippen LogP contribution in [0.1, 0.15) is 34.1 Å². The lowest BCUT2D eigenvalue weighted by Crippen LogP contribution is -2.33. The molecule has 29 heavy (non-hydrogen) atoms. The lowest BCUT2D eigenvalue weighted by atomic mass is 10.1. The molecule has 3 aromatic rings. The van der Waals surface area contributed by atoms with Gasteiger partial charge in [0.2, 0.25) is 0 Å². The first-order valence-corrected chi connectivity index (χ1v) is 9.74. The first-order chi connectivity index (χ1) is 14.1. The number of carbonyl (C=O) groups is 1. The third kappa shape index (κ3) is 4.06. The molecule has 1 aliphatic carbocycles. The molecule has 0 aliphatic heterocycles. The maximum absolute atomic E-state index is 13.0. The number of aryl methyl sites for hydroxylation is 1. The van der Waals surface area contributed by atoms with Gasteiger partial charge in [0.1, 0.15) is 18.1 Å². The van der Waals surface area contributed by atoms with Gasteiger partial charge < -0.3 is 9.64 Å². The molecular formula is C23H23N3O3. The Labute approximate surface area is 169 Å². The van der Waals surface area contributed by atoms with Crippen LogP contribution in [-0.2, 0) is 13.0 Å². The average Bonchev–Trinajstić information content (AvgIpc) is 3.19. The van der Waals surface area contributed by atoms with Gasteiger partial charge in [0, 0.05) is 13.1 Å². The lowest BCUT2D eigenvalue weighted by molar-refractivity contribution is 0.0721. The highest BCUT2D eigenvalue weighted by Crippen LogP contribution is 2.35. The van der Waals surface area contributed by atoms with Gasteiger partial charge in [0.05, 0.1) is 12.6 Å². The summed E-state index contributed by atoms with van der Waals surface area (Å²) in [6.45, 7) is 0.561. The molecule has 1 aliphatic rings. The van der Waals surface area contributed by atoms with Gasteiger partial charge in [-0.1, -0.05) is 42.5 Å². The second-order valence-electron chi connectivity index (χ2n) is 7.11. The van der Waals surface area contributed by atoms with E-state index in [1.807, 2.05) is 42.5 Å². The number of nitrogens with zero attached hydrogens (tertiary/aromatic N) is 3. The zero-order chi connectivity index (χ0) is 20.2. The molecule has 1 atom stereocenters. The van der Waals surface area contributed by atoms with Gasteiger partial charge in [-0.05, 0) is 42.2 Å². The van der Waals surface area contributed by atoms with Crippen molar-refractivity contribution in [2.24, 2.45) is 0 Å². The van der Waals surface area contributed by atoms with Crippen molar-refractivity contribution < 1.29 is 9.53 Å². The fourth-order valence-corrected chi connectivity index (χ4v) is 3.75. The van der Waals surface area contributed by atoms with E-state index in [9.17, 15) is 9.59 Å². The number of ether oxygens (including phenoxy) is 1. The predicted molar refractivity (Wildman–Crippen MR) is 110 cm³/mol. The Balaban J connectivity index is 1.46. The molecule has 0 radical (unpaired) electrons. The zero-order valence-corrected chi connectivity index (χ0v) is 16.3. The van der Waals surface area contributed by atoms with Gasteiger partial charge in [-0.25, -0.2) is 4.68 Å². The van der Waals surface area contributed by atoms with Crippen LogP contribution in [0.2, 0.25) is 0 Å². The summed E-state index contributed by atoms with van der Waals surface area (Å²) in [6.07, 6.45) is 1.86. The molecule has 6 nitrogen and oxygen atoms in total.